The Morgan fingerprint density at radius 1 is 1.15 bits per heavy atom. The minimum Gasteiger partial charge on any atom is -0.495 e. The summed E-state index contributed by atoms with van der Waals surface area (Å²) in [6, 6.07) is 3.23. The Hall–Kier alpha value is -2.01. The topological polar surface area (TPSA) is 47.0 Å². The van der Waals surface area contributed by atoms with Gasteiger partial charge in [-0.25, -0.2) is 4.39 Å². The molecule has 0 aromatic carbocycles. The van der Waals surface area contributed by atoms with Crippen molar-refractivity contribution in [3.05, 3.63) is 53.9 Å². The van der Waals surface area contributed by atoms with Crippen LogP contribution in [-0.4, -0.2) is 23.6 Å². The molecule has 106 valence electrons. The molecular weight excluding hydrogens is 257 g/mol. The van der Waals surface area contributed by atoms with Crippen molar-refractivity contribution in [1.29, 1.82) is 0 Å². The second-order valence-corrected chi connectivity index (χ2v) is 4.48. The van der Waals surface area contributed by atoms with E-state index in [0.29, 0.717) is 5.75 Å². The molecule has 5 heteroatoms. The molecule has 2 aromatic rings. The molecule has 2 aromatic heterocycles. The fourth-order valence-electron chi connectivity index (χ4n) is 2.01. The van der Waals surface area contributed by atoms with Crippen molar-refractivity contribution >= 4 is 0 Å². The fraction of sp³-hybridized carbons (Fsp3) is 0.333. The lowest BCUT2D eigenvalue weighted by Crippen LogP contribution is -2.23. The lowest BCUT2D eigenvalue weighted by atomic mass is 10.0. The SMILES string of the molecule is CCCNC(c1cncc(F)c1)c1cncc(OC)c1. The Bertz CT molecular complexity index is 562. The third-order valence-corrected chi connectivity index (χ3v) is 2.96. The number of halogens is 1. The van der Waals surface area contributed by atoms with Crippen molar-refractivity contribution in [2.45, 2.75) is 19.4 Å². The number of pyridine rings is 2. The largest absolute Gasteiger partial charge is 0.495 e. The van der Waals surface area contributed by atoms with E-state index < -0.39 is 0 Å². The van der Waals surface area contributed by atoms with Gasteiger partial charge in [0.1, 0.15) is 11.6 Å². The molecular formula is C15H18FN3O. The molecule has 1 unspecified atom stereocenters. The van der Waals surface area contributed by atoms with E-state index in [0.717, 1.165) is 24.1 Å². The van der Waals surface area contributed by atoms with Crippen molar-refractivity contribution in [2.75, 3.05) is 13.7 Å². The average Bonchev–Trinajstić information content (AvgIpc) is 2.48. The van der Waals surface area contributed by atoms with E-state index in [1.165, 1.54) is 12.3 Å². The molecule has 0 aliphatic rings. The van der Waals surface area contributed by atoms with Crippen molar-refractivity contribution in [3.63, 3.8) is 0 Å². The molecule has 20 heavy (non-hydrogen) atoms. The molecule has 2 heterocycles. The second kappa shape index (κ2) is 6.96. The summed E-state index contributed by atoms with van der Waals surface area (Å²) >= 11 is 0. The number of methoxy groups -OCH3 is 1. The van der Waals surface area contributed by atoms with Gasteiger partial charge in [0.15, 0.2) is 0 Å². The van der Waals surface area contributed by atoms with Gasteiger partial charge in [0, 0.05) is 12.4 Å². The van der Waals surface area contributed by atoms with Gasteiger partial charge in [-0.2, -0.15) is 0 Å². The fourth-order valence-corrected chi connectivity index (χ4v) is 2.01. The van der Waals surface area contributed by atoms with Gasteiger partial charge in [-0.05, 0) is 36.2 Å². The van der Waals surface area contributed by atoms with Gasteiger partial charge in [0.05, 0.1) is 25.5 Å². The lowest BCUT2D eigenvalue weighted by molar-refractivity contribution is 0.411. The molecule has 0 saturated carbocycles. The third-order valence-electron chi connectivity index (χ3n) is 2.96. The smallest absolute Gasteiger partial charge is 0.141 e. The highest BCUT2D eigenvalue weighted by atomic mass is 19.1. The number of nitrogens with zero attached hydrogens (tertiary/aromatic N) is 2. The first-order chi connectivity index (χ1) is 9.74. The maximum atomic E-state index is 13.4. The molecule has 0 spiro atoms. The number of ether oxygens (including phenoxy) is 1. The van der Waals surface area contributed by atoms with Gasteiger partial charge in [-0.1, -0.05) is 6.92 Å². The predicted molar refractivity (Wildman–Crippen MR) is 75.1 cm³/mol. The Kier molecular flexibility index (Phi) is 5.01. The van der Waals surface area contributed by atoms with Crippen LogP contribution >= 0.6 is 0 Å². The van der Waals surface area contributed by atoms with E-state index in [-0.39, 0.29) is 11.9 Å². The number of aromatic nitrogens is 2. The summed E-state index contributed by atoms with van der Waals surface area (Å²) in [5, 5.41) is 3.38. The van der Waals surface area contributed by atoms with Crippen LogP contribution in [0.3, 0.4) is 0 Å². The molecule has 1 atom stereocenters. The summed E-state index contributed by atoms with van der Waals surface area (Å²) in [6.45, 7) is 2.90. The first kappa shape index (κ1) is 14.4. The predicted octanol–water partition coefficient (Wildman–Crippen LogP) is 2.71. The van der Waals surface area contributed by atoms with E-state index in [4.69, 9.17) is 4.74 Å². The summed E-state index contributed by atoms with van der Waals surface area (Å²) in [5.41, 5.74) is 1.69. The molecule has 4 nitrogen and oxygen atoms in total. The standard InChI is InChI=1S/C15H18FN3O/c1-3-4-19-15(11-5-13(16)9-17-7-11)12-6-14(20-2)10-18-8-12/h5-10,15,19H,3-4H2,1-2H3. The van der Waals surface area contributed by atoms with Crippen molar-refractivity contribution in [3.8, 4) is 5.75 Å². The van der Waals surface area contributed by atoms with Crippen LogP contribution in [0.4, 0.5) is 4.39 Å². The number of nitrogens with one attached hydrogen (secondary N) is 1. The van der Waals surface area contributed by atoms with Crippen LogP contribution in [0.1, 0.15) is 30.5 Å². The monoisotopic (exact) mass is 275 g/mol. The first-order valence-corrected chi connectivity index (χ1v) is 6.57. The van der Waals surface area contributed by atoms with E-state index in [1.807, 2.05) is 6.07 Å². The van der Waals surface area contributed by atoms with E-state index in [2.05, 4.69) is 22.2 Å². The Balaban J connectivity index is 2.35. The second-order valence-electron chi connectivity index (χ2n) is 4.48. The Morgan fingerprint density at radius 2 is 1.85 bits per heavy atom. The van der Waals surface area contributed by atoms with Crippen LogP contribution in [0, 0.1) is 5.82 Å². The van der Waals surface area contributed by atoms with Crippen LogP contribution < -0.4 is 10.1 Å². The van der Waals surface area contributed by atoms with Gasteiger partial charge in [-0.15, -0.1) is 0 Å². The minimum absolute atomic E-state index is 0.152. The van der Waals surface area contributed by atoms with Crippen molar-refractivity contribution in [2.24, 2.45) is 0 Å². The first-order valence-electron chi connectivity index (χ1n) is 6.57. The van der Waals surface area contributed by atoms with Gasteiger partial charge in [0.25, 0.3) is 0 Å². The van der Waals surface area contributed by atoms with Crippen LogP contribution in [-0.2, 0) is 0 Å². The summed E-state index contributed by atoms with van der Waals surface area (Å²) in [6.07, 6.45) is 7.24. The molecule has 0 amide bonds. The Morgan fingerprint density at radius 3 is 2.50 bits per heavy atom. The van der Waals surface area contributed by atoms with Crippen molar-refractivity contribution in [1.82, 2.24) is 15.3 Å². The molecule has 0 saturated heterocycles. The van der Waals surface area contributed by atoms with Crippen molar-refractivity contribution < 1.29 is 9.13 Å². The zero-order valence-electron chi connectivity index (χ0n) is 11.6. The average molecular weight is 275 g/mol. The van der Waals surface area contributed by atoms with Gasteiger partial charge >= 0.3 is 0 Å². The normalized spacial score (nSPS) is 12.2. The summed E-state index contributed by atoms with van der Waals surface area (Å²) in [5.74, 6) is 0.330. The molecule has 1 N–H and O–H groups in total. The molecule has 2 rings (SSSR count). The van der Waals surface area contributed by atoms with E-state index in [1.54, 1.807) is 25.7 Å². The molecule has 0 fully saturated rings. The molecule has 0 radical (unpaired) electrons. The lowest BCUT2D eigenvalue weighted by Gasteiger charge is -2.19. The maximum Gasteiger partial charge on any atom is 0.141 e. The maximum absolute atomic E-state index is 13.4. The summed E-state index contributed by atoms with van der Waals surface area (Å²) in [7, 11) is 1.60. The number of hydrogen-bond donors (Lipinski definition) is 1. The Labute approximate surface area is 118 Å². The van der Waals surface area contributed by atoms with Crippen LogP contribution in [0.2, 0.25) is 0 Å². The zero-order chi connectivity index (χ0) is 14.4. The molecule has 0 aliphatic heterocycles. The molecule has 0 aliphatic carbocycles. The highest BCUT2D eigenvalue weighted by Gasteiger charge is 2.15. The minimum atomic E-state index is -0.346. The van der Waals surface area contributed by atoms with Gasteiger partial charge in [-0.3, -0.25) is 9.97 Å². The van der Waals surface area contributed by atoms with Gasteiger partial charge in [0.2, 0.25) is 0 Å². The van der Waals surface area contributed by atoms with E-state index in [9.17, 15) is 4.39 Å². The van der Waals surface area contributed by atoms with E-state index >= 15 is 0 Å². The summed E-state index contributed by atoms with van der Waals surface area (Å²) < 4.78 is 18.6. The van der Waals surface area contributed by atoms with Crippen LogP contribution in [0.5, 0.6) is 5.75 Å². The third kappa shape index (κ3) is 3.51. The highest BCUT2D eigenvalue weighted by molar-refractivity contribution is 5.33. The number of rotatable bonds is 6. The quantitative estimate of drug-likeness (QED) is 0.880. The van der Waals surface area contributed by atoms with Crippen LogP contribution in [0.25, 0.3) is 0 Å². The van der Waals surface area contributed by atoms with Gasteiger partial charge < -0.3 is 10.1 Å². The van der Waals surface area contributed by atoms with Crippen LogP contribution in [0.15, 0.2) is 36.9 Å². The summed E-state index contributed by atoms with van der Waals surface area (Å²) in [4.78, 5) is 8.07. The number of hydrogen-bond acceptors (Lipinski definition) is 4. The zero-order valence-corrected chi connectivity index (χ0v) is 11.6. The molecule has 0 bridgehead atoms. The highest BCUT2D eigenvalue weighted by Crippen LogP contribution is 2.24.